The van der Waals surface area contributed by atoms with E-state index in [1.165, 1.54) is 45.5 Å². The number of halogens is 4. The topological polar surface area (TPSA) is 172 Å². The largest absolute Gasteiger partial charge is 0.501 e. The van der Waals surface area contributed by atoms with Crippen LogP contribution in [0.25, 0.3) is 5.57 Å². The highest BCUT2D eigenvalue weighted by atomic mass is 35.5. The fourth-order valence-electron chi connectivity index (χ4n) is 11.8. The van der Waals surface area contributed by atoms with Crippen molar-refractivity contribution in [2.24, 2.45) is 5.41 Å². The van der Waals surface area contributed by atoms with Crippen LogP contribution in [0.3, 0.4) is 0 Å². The molecule has 15 nitrogen and oxygen atoms in total. The van der Waals surface area contributed by atoms with Gasteiger partial charge in [-0.05, 0) is 133 Å². The third-order valence-electron chi connectivity index (χ3n) is 16.2. The molecule has 0 radical (unpaired) electrons. The molecule has 0 saturated carbocycles. The van der Waals surface area contributed by atoms with Crippen LogP contribution in [0.4, 0.5) is 35.0 Å². The molecule has 10 rings (SSSR count). The molecule has 5 aromatic carbocycles. The fourth-order valence-corrected chi connectivity index (χ4v) is 14.9. The van der Waals surface area contributed by atoms with Crippen molar-refractivity contribution in [2.75, 3.05) is 79.8 Å². The van der Waals surface area contributed by atoms with Gasteiger partial charge < -0.3 is 10.2 Å². The summed E-state index contributed by atoms with van der Waals surface area (Å²) in [5.74, 6) is -0.996. The van der Waals surface area contributed by atoms with Gasteiger partial charge in [0.2, 0.25) is 5.91 Å². The minimum absolute atomic E-state index is 0.0153. The Hall–Kier alpha value is -5.94. The average Bonchev–Trinajstić information content (AvgIpc) is 4.10. The first-order chi connectivity index (χ1) is 38.6. The Kier molecular flexibility index (Phi) is 17.3. The van der Waals surface area contributed by atoms with Crippen molar-refractivity contribution in [2.45, 2.75) is 97.2 Å². The number of urea groups is 1. The quantitative estimate of drug-likeness (QED) is 0.0668. The predicted octanol–water partition coefficient (Wildman–Crippen LogP) is 9.91. The lowest BCUT2D eigenvalue weighted by Gasteiger charge is -2.39. The first-order valence-electron chi connectivity index (χ1n) is 27.3. The van der Waals surface area contributed by atoms with Crippen LogP contribution in [0.5, 0.6) is 0 Å². The maximum absolute atomic E-state index is 14.5. The van der Waals surface area contributed by atoms with Gasteiger partial charge in [0.1, 0.15) is 4.90 Å². The summed E-state index contributed by atoms with van der Waals surface area (Å²) in [6.07, 6.45) is 4.70. The van der Waals surface area contributed by atoms with E-state index < -0.39 is 58.8 Å². The van der Waals surface area contributed by atoms with Crippen LogP contribution in [0.1, 0.15) is 73.9 Å². The van der Waals surface area contributed by atoms with Gasteiger partial charge in [0.15, 0.2) is 0 Å². The number of carbonyl (C=O) groups is 3. The van der Waals surface area contributed by atoms with Crippen LogP contribution in [0, 0.1) is 5.41 Å². The Morgan fingerprint density at radius 1 is 0.802 bits per heavy atom. The molecule has 1 aliphatic carbocycles. The molecule has 3 N–H and O–H groups in total. The number of nitrogens with one attached hydrogen (secondary N) is 3. The zero-order valence-electron chi connectivity index (χ0n) is 45.1. The molecule has 22 heteroatoms. The first kappa shape index (κ1) is 58.3. The number of amides is 4. The summed E-state index contributed by atoms with van der Waals surface area (Å²) in [5, 5.41) is 6.13. The molecular weight excluding hydrogens is 1120 g/mol. The molecule has 4 aliphatic heterocycles. The molecule has 430 valence electrons. The number of likely N-dealkylation sites (tertiary alicyclic amines) is 2. The van der Waals surface area contributed by atoms with Gasteiger partial charge in [0.05, 0.1) is 10.6 Å². The van der Waals surface area contributed by atoms with Gasteiger partial charge in [-0.25, -0.2) is 26.4 Å². The van der Waals surface area contributed by atoms with Gasteiger partial charge in [-0.1, -0.05) is 73.5 Å². The molecule has 4 saturated heterocycles. The summed E-state index contributed by atoms with van der Waals surface area (Å²) < 4.78 is 99.8. The summed E-state index contributed by atoms with van der Waals surface area (Å²) in [6, 6.07) is 33.5. The van der Waals surface area contributed by atoms with E-state index in [2.05, 4.69) is 56.2 Å². The molecule has 5 aliphatic rings. The molecule has 2 bridgehead atoms. The minimum Gasteiger partial charge on any atom is -0.380 e. The highest BCUT2D eigenvalue weighted by Gasteiger charge is 2.49. The number of hydrogen-bond donors (Lipinski definition) is 3. The standard InChI is InChI=1S/C59H66ClF3N8O7S3/c1-58(2)25-22-52(41-10-14-44(60)15-11-41)43(34-58)36-67-28-30-68(31-29-67)46-18-12-42(13-19-46)56(73)66-81(77,78)51-20-21-53(54(33-51)80(75,76)59(61,62)63)64-45(39-79-50-6-4-3-5-7-50)23-26-69-37-49-32-48(69)38-70(49)35-40-8-16-47(17-9-40)71-27-24-55(72)65-57(71)74/h3-21,33,45,48-49,64H,22-32,34-39H2,1-2H3,(H,66,73)(H,65,72,74)/t45-,48-,49-/m1/s1. The number of hydrogen-bond acceptors (Lipinski definition) is 13. The van der Waals surface area contributed by atoms with E-state index in [1.807, 2.05) is 71.5 Å². The Balaban J connectivity index is 0.777. The number of alkyl halides is 3. The van der Waals surface area contributed by atoms with E-state index in [1.54, 1.807) is 12.1 Å². The summed E-state index contributed by atoms with van der Waals surface area (Å²) >= 11 is 7.66. The van der Waals surface area contributed by atoms with Crippen molar-refractivity contribution in [3.8, 4) is 0 Å². The lowest BCUT2D eigenvalue weighted by atomic mass is 9.73. The molecular formula is C59H66ClF3N8O7S3. The lowest BCUT2D eigenvalue weighted by molar-refractivity contribution is -0.120. The normalized spacial score (nSPS) is 20.6. The number of carbonyl (C=O) groups excluding carboxylic acids is 3. The summed E-state index contributed by atoms with van der Waals surface area (Å²) in [4.78, 5) is 47.2. The second-order valence-corrected chi connectivity index (χ2v) is 27.5. The molecule has 4 amide bonds. The second kappa shape index (κ2) is 24.1. The van der Waals surface area contributed by atoms with Crippen LogP contribution in [0.15, 0.2) is 142 Å². The van der Waals surface area contributed by atoms with Gasteiger partial charge in [-0.3, -0.25) is 34.5 Å². The number of rotatable bonds is 19. The van der Waals surface area contributed by atoms with Crippen LogP contribution in [0.2, 0.25) is 5.02 Å². The minimum atomic E-state index is -6.12. The molecule has 3 atom stereocenters. The van der Waals surface area contributed by atoms with Gasteiger partial charge in [-0.2, -0.15) is 13.2 Å². The molecule has 0 spiro atoms. The number of fused-ring (bicyclic) bond motifs is 2. The van der Waals surface area contributed by atoms with Crippen LogP contribution < -0.4 is 25.2 Å². The number of sulfone groups is 1. The predicted molar refractivity (Wildman–Crippen MR) is 311 cm³/mol. The SMILES string of the molecule is CC1(C)CCC(c2ccc(Cl)cc2)=C(CN2CCN(c3ccc(C(=O)NS(=O)(=O)c4ccc(N[C@H](CCN5C[C@H]6C[C@@H]5CN6Cc5ccc(N6CCC(=O)NC6=O)cc5)CSc5ccccc5)c(S(=O)(=O)C(F)(F)F)c4)cc3)CC2)C1. The third kappa shape index (κ3) is 13.8. The first-order valence-corrected chi connectivity index (χ1v) is 31.6. The van der Waals surface area contributed by atoms with Gasteiger partial charge in [-0.15, -0.1) is 11.8 Å². The third-order valence-corrected chi connectivity index (χ3v) is 20.5. The molecule has 4 fully saturated rings. The Bertz CT molecular complexity index is 3380. The number of allylic oxidation sites excluding steroid dienone is 1. The van der Waals surface area contributed by atoms with Crippen molar-refractivity contribution in [1.29, 1.82) is 0 Å². The van der Waals surface area contributed by atoms with Crippen molar-refractivity contribution in [3.63, 3.8) is 0 Å². The fraction of sp³-hybridized carbons (Fsp3) is 0.407. The van der Waals surface area contributed by atoms with Crippen molar-refractivity contribution in [3.05, 3.63) is 149 Å². The number of piperazine rings is 2. The molecule has 0 unspecified atom stereocenters. The molecule has 4 heterocycles. The smallest absolute Gasteiger partial charge is 0.380 e. The number of anilines is 3. The molecule has 81 heavy (non-hydrogen) atoms. The molecule has 0 aromatic heterocycles. The number of imide groups is 1. The summed E-state index contributed by atoms with van der Waals surface area (Å²) in [7, 11) is -11.0. The van der Waals surface area contributed by atoms with Crippen molar-refractivity contribution < 1.29 is 44.4 Å². The highest BCUT2D eigenvalue weighted by Crippen LogP contribution is 2.43. The van der Waals surface area contributed by atoms with E-state index >= 15 is 0 Å². The van der Waals surface area contributed by atoms with Crippen LogP contribution in [-0.4, -0.2) is 138 Å². The van der Waals surface area contributed by atoms with Gasteiger partial charge in [0, 0.05) is 123 Å². The van der Waals surface area contributed by atoms with Crippen LogP contribution >= 0.6 is 23.4 Å². The second-order valence-electron chi connectivity index (χ2n) is 22.4. The zero-order chi connectivity index (χ0) is 57.3. The summed E-state index contributed by atoms with van der Waals surface area (Å²) in [5.41, 5.74) is 0.642. The van der Waals surface area contributed by atoms with Crippen molar-refractivity contribution in [1.82, 2.24) is 24.7 Å². The Labute approximate surface area is 481 Å². The van der Waals surface area contributed by atoms with Gasteiger partial charge in [0.25, 0.3) is 25.8 Å². The number of sulfonamides is 1. The Morgan fingerprint density at radius 3 is 2.15 bits per heavy atom. The van der Waals surface area contributed by atoms with E-state index in [0.717, 1.165) is 99.8 Å². The molecule has 5 aromatic rings. The van der Waals surface area contributed by atoms with Gasteiger partial charge >= 0.3 is 11.5 Å². The van der Waals surface area contributed by atoms with E-state index in [0.29, 0.717) is 48.6 Å². The maximum atomic E-state index is 14.5. The number of thioether (sulfide) groups is 1. The summed E-state index contributed by atoms with van der Waals surface area (Å²) in [6.45, 7) is 11.7. The van der Waals surface area contributed by atoms with Crippen LogP contribution in [-0.2, 0) is 31.2 Å². The van der Waals surface area contributed by atoms with E-state index in [9.17, 15) is 44.4 Å². The Morgan fingerprint density at radius 2 is 1.48 bits per heavy atom. The average molecular weight is 1190 g/mol. The highest BCUT2D eigenvalue weighted by molar-refractivity contribution is 7.99. The number of benzene rings is 5. The van der Waals surface area contributed by atoms with E-state index in [4.69, 9.17) is 11.6 Å². The monoisotopic (exact) mass is 1190 g/mol. The lowest BCUT2D eigenvalue weighted by Crippen LogP contribution is -2.49. The maximum Gasteiger partial charge on any atom is 0.501 e. The van der Waals surface area contributed by atoms with Crippen molar-refractivity contribution >= 4 is 83.7 Å². The number of nitrogens with zero attached hydrogens (tertiary/aromatic N) is 5. The zero-order valence-corrected chi connectivity index (χ0v) is 48.3. The van der Waals surface area contributed by atoms with E-state index in [-0.39, 0.29) is 35.4 Å².